The van der Waals surface area contributed by atoms with E-state index in [9.17, 15) is 13.9 Å². The van der Waals surface area contributed by atoms with Crippen LogP contribution in [0.25, 0.3) is 0 Å². The Morgan fingerprint density at radius 2 is 1.75 bits per heavy atom. The first kappa shape index (κ1) is 11.7. The van der Waals surface area contributed by atoms with Crippen LogP contribution in [0.2, 0.25) is 0 Å². The van der Waals surface area contributed by atoms with Crippen molar-refractivity contribution in [2.75, 3.05) is 13.3 Å². The summed E-state index contributed by atoms with van der Waals surface area (Å²) < 4.78 is 21.9. The Balaban J connectivity index is 4.06. The monoisotopic (exact) mass is 210 g/mol. The zero-order valence-corrected chi connectivity index (χ0v) is 8.85. The SMILES string of the molecule is C[P+](=O)C(CCC(=O)O)[P+](C)=O. The van der Waals surface area contributed by atoms with Gasteiger partial charge in [0.1, 0.15) is 13.3 Å². The van der Waals surface area contributed by atoms with E-state index >= 15 is 0 Å². The van der Waals surface area contributed by atoms with Gasteiger partial charge in [-0.1, -0.05) is 9.13 Å². The van der Waals surface area contributed by atoms with Crippen LogP contribution in [0.5, 0.6) is 0 Å². The van der Waals surface area contributed by atoms with E-state index in [0.29, 0.717) is 0 Å². The van der Waals surface area contributed by atoms with Gasteiger partial charge in [-0.25, -0.2) is 0 Å². The number of hydrogen-bond donors (Lipinski definition) is 1. The molecule has 0 aliphatic rings. The molecule has 0 bridgehead atoms. The highest BCUT2D eigenvalue weighted by atomic mass is 31.2. The van der Waals surface area contributed by atoms with Crippen molar-refractivity contribution in [2.45, 2.75) is 18.2 Å². The van der Waals surface area contributed by atoms with Crippen molar-refractivity contribution in [1.29, 1.82) is 0 Å². The predicted octanol–water partition coefficient (Wildman–Crippen LogP) is 2.09. The first-order chi connectivity index (χ1) is 5.45. The average Bonchev–Trinajstić information content (AvgIpc) is 1.84. The maximum Gasteiger partial charge on any atom is 0.389 e. The summed E-state index contributed by atoms with van der Waals surface area (Å²) >= 11 is 0. The Bertz CT molecular complexity index is 200. The summed E-state index contributed by atoms with van der Waals surface area (Å²) in [6, 6.07) is 0. The molecule has 0 rings (SSSR count). The van der Waals surface area contributed by atoms with E-state index in [0.717, 1.165) is 0 Å². The Morgan fingerprint density at radius 1 is 1.33 bits per heavy atom. The molecular formula is C6H12O4P2+2. The van der Waals surface area contributed by atoms with E-state index in [2.05, 4.69) is 0 Å². The van der Waals surface area contributed by atoms with Crippen LogP contribution >= 0.6 is 15.6 Å². The number of rotatable bonds is 5. The summed E-state index contributed by atoms with van der Waals surface area (Å²) in [4.78, 5) is 10.2. The van der Waals surface area contributed by atoms with Crippen LogP contribution in [0.4, 0.5) is 0 Å². The lowest BCUT2D eigenvalue weighted by Gasteiger charge is -1.90. The highest BCUT2D eigenvalue weighted by Crippen LogP contribution is 2.42. The molecule has 0 heterocycles. The van der Waals surface area contributed by atoms with Crippen molar-refractivity contribution < 1.29 is 19.0 Å². The van der Waals surface area contributed by atoms with Gasteiger partial charge in [0.2, 0.25) is 0 Å². The fourth-order valence-corrected chi connectivity index (χ4v) is 3.66. The minimum absolute atomic E-state index is 0.0610. The van der Waals surface area contributed by atoms with E-state index in [-0.39, 0.29) is 12.8 Å². The molecule has 2 atom stereocenters. The molecule has 0 aliphatic carbocycles. The lowest BCUT2D eigenvalue weighted by molar-refractivity contribution is -0.137. The highest BCUT2D eigenvalue weighted by Gasteiger charge is 2.39. The number of aliphatic carboxylic acids is 1. The molecule has 2 unspecified atom stereocenters. The number of carboxylic acid groups (broad SMARTS) is 1. The number of hydrogen-bond acceptors (Lipinski definition) is 3. The molecule has 0 aliphatic heterocycles. The molecule has 0 radical (unpaired) electrons. The van der Waals surface area contributed by atoms with E-state index in [1.165, 1.54) is 13.3 Å². The molecule has 0 aromatic heterocycles. The topological polar surface area (TPSA) is 71.4 Å². The third kappa shape index (κ3) is 4.53. The standard InChI is InChI=1S/C6H11O4P2/c1-11(9)6(12(2)10)4-3-5(7)8/h6H,3-4H2,1-2H3/q+1/p+1. The molecule has 4 nitrogen and oxygen atoms in total. The van der Waals surface area contributed by atoms with E-state index in [1.807, 2.05) is 0 Å². The fourth-order valence-electron chi connectivity index (χ4n) is 0.845. The smallest absolute Gasteiger partial charge is 0.389 e. The molecule has 0 amide bonds. The highest BCUT2D eigenvalue weighted by molar-refractivity contribution is 7.63. The summed E-state index contributed by atoms with van der Waals surface area (Å²) in [6.07, 6.45) is 0.182. The molecule has 0 spiro atoms. The normalized spacial score (nSPS) is 15.2. The number of carbonyl (C=O) groups is 1. The Morgan fingerprint density at radius 3 is 2.00 bits per heavy atom. The molecular weight excluding hydrogens is 198 g/mol. The summed E-state index contributed by atoms with van der Waals surface area (Å²) in [7, 11) is -3.06. The maximum absolute atomic E-state index is 11.0. The third-order valence-electron chi connectivity index (χ3n) is 1.46. The second kappa shape index (κ2) is 5.34. The predicted molar refractivity (Wildman–Crippen MR) is 47.7 cm³/mol. The van der Waals surface area contributed by atoms with Gasteiger partial charge < -0.3 is 5.11 Å². The second-order valence-electron chi connectivity index (χ2n) is 2.51. The summed E-state index contributed by atoms with van der Waals surface area (Å²) in [5.41, 5.74) is 0. The average molecular weight is 210 g/mol. The largest absolute Gasteiger partial charge is 0.481 e. The van der Waals surface area contributed by atoms with Crippen LogP contribution in [0.15, 0.2) is 0 Å². The lowest BCUT2D eigenvalue weighted by Crippen LogP contribution is -2.01. The van der Waals surface area contributed by atoms with Crippen molar-refractivity contribution in [3.8, 4) is 0 Å². The summed E-state index contributed by atoms with van der Waals surface area (Å²) in [5.74, 6) is -0.936. The van der Waals surface area contributed by atoms with Gasteiger partial charge in [-0.15, -0.1) is 0 Å². The Kier molecular flexibility index (Phi) is 5.19. The van der Waals surface area contributed by atoms with E-state index < -0.39 is 27.0 Å². The molecule has 0 aromatic rings. The van der Waals surface area contributed by atoms with Gasteiger partial charge in [-0.3, -0.25) is 4.79 Å². The molecule has 0 fully saturated rings. The van der Waals surface area contributed by atoms with Gasteiger partial charge in [0, 0.05) is 0 Å². The molecule has 0 saturated heterocycles. The number of carboxylic acids is 1. The van der Waals surface area contributed by atoms with Gasteiger partial charge in [0.05, 0.1) is 12.8 Å². The van der Waals surface area contributed by atoms with Crippen molar-refractivity contribution in [2.24, 2.45) is 0 Å². The molecule has 12 heavy (non-hydrogen) atoms. The van der Waals surface area contributed by atoms with Gasteiger partial charge >= 0.3 is 27.0 Å². The minimum atomic E-state index is -1.53. The first-order valence-corrected chi connectivity index (χ1v) is 7.02. The molecule has 0 aromatic carbocycles. The zero-order valence-electron chi connectivity index (χ0n) is 7.06. The van der Waals surface area contributed by atoms with Crippen LogP contribution in [0, 0.1) is 0 Å². The fraction of sp³-hybridized carbons (Fsp3) is 0.833. The molecule has 6 heteroatoms. The van der Waals surface area contributed by atoms with Gasteiger partial charge in [-0.2, -0.15) is 0 Å². The van der Waals surface area contributed by atoms with E-state index in [4.69, 9.17) is 5.11 Å². The van der Waals surface area contributed by atoms with Crippen LogP contribution in [0.3, 0.4) is 0 Å². The maximum atomic E-state index is 11.0. The van der Waals surface area contributed by atoms with Crippen molar-refractivity contribution in [3.05, 3.63) is 0 Å². The molecule has 68 valence electrons. The van der Waals surface area contributed by atoms with Crippen molar-refractivity contribution in [1.82, 2.24) is 0 Å². The summed E-state index contributed by atoms with van der Waals surface area (Å²) in [5, 5.41) is 7.90. The van der Waals surface area contributed by atoms with Crippen LogP contribution in [-0.2, 0) is 13.9 Å². The van der Waals surface area contributed by atoms with Crippen molar-refractivity contribution in [3.63, 3.8) is 0 Å². The second-order valence-corrected chi connectivity index (χ2v) is 6.34. The summed E-state index contributed by atoms with van der Waals surface area (Å²) in [6.45, 7) is 2.97. The van der Waals surface area contributed by atoms with Gasteiger partial charge in [0.25, 0.3) is 0 Å². The van der Waals surface area contributed by atoms with Gasteiger partial charge in [0.15, 0.2) is 0 Å². The first-order valence-electron chi connectivity index (χ1n) is 3.47. The van der Waals surface area contributed by atoms with E-state index in [1.54, 1.807) is 0 Å². The van der Waals surface area contributed by atoms with Gasteiger partial charge in [-0.05, 0) is 0 Å². The molecule has 0 saturated carbocycles. The Hall–Kier alpha value is -0.330. The lowest BCUT2D eigenvalue weighted by atomic mass is 10.3. The van der Waals surface area contributed by atoms with Crippen LogP contribution in [0.1, 0.15) is 12.8 Å². The minimum Gasteiger partial charge on any atom is -0.481 e. The Labute approximate surface area is 72.9 Å². The third-order valence-corrected chi connectivity index (χ3v) is 5.60. The van der Waals surface area contributed by atoms with Crippen LogP contribution < -0.4 is 0 Å². The van der Waals surface area contributed by atoms with Crippen LogP contribution in [-0.4, -0.2) is 29.8 Å². The molecule has 1 N–H and O–H groups in total. The quantitative estimate of drug-likeness (QED) is 0.705. The zero-order chi connectivity index (χ0) is 9.72. The van der Waals surface area contributed by atoms with Crippen molar-refractivity contribution >= 4 is 21.6 Å².